The molecule has 0 spiro atoms. The fourth-order valence-electron chi connectivity index (χ4n) is 19.8. The fourth-order valence-corrected chi connectivity index (χ4v) is 19.8. The van der Waals surface area contributed by atoms with Crippen LogP contribution in [-0.2, 0) is 58.9 Å². The maximum absolute atomic E-state index is 13.0. The number of aryl methyl sites for hydroxylation is 5. The molecule has 5 aliphatic heterocycles. The van der Waals surface area contributed by atoms with E-state index in [-0.39, 0.29) is 88.3 Å². The molecule has 5 amide bonds. The smallest absolute Gasteiger partial charge is 0.276 e. The van der Waals surface area contributed by atoms with Crippen LogP contribution in [0.3, 0.4) is 0 Å². The molecule has 149 heavy (non-hydrogen) atoms. The van der Waals surface area contributed by atoms with Crippen molar-refractivity contribution in [2.24, 2.45) is 64.8 Å². The number of rotatable bonds is 25. The van der Waals surface area contributed by atoms with Crippen LogP contribution in [0, 0.1) is 41.2 Å². The third kappa shape index (κ3) is 28.0. The zero-order valence-electron chi connectivity index (χ0n) is 86.5. The van der Waals surface area contributed by atoms with E-state index in [2.05, 4.69) is 146 Å². The Labute approximate surface area is 861 Å². The minimum absolute atomic E-state index is 0.109. The third-order valence-corrected chi connectivity index (χ3v) is 26.6. The lowest BCUT2D eigenvalue weighted by Gasteiger charge is -2.35. The van der Waals surface area contributed by atoms with Crippen LogP contribution in [0.25, 0.3) is 54.5 Å². The van der Waals surface area contributed by atoms with Crippen molar-refractivity contribution in [2.75, 3.05) is 84.3 Å². The van der Waals surface area contributed by atoms with Gasteiger partial charge in [-0.3, -0.25) is 52.4 Å². The summed E-state index contributed by atoms with van der Waals surface area (Å²) in [5.41, 5.74) is 20.7. The first kappa shape index (κ1) is 107. The SMILES string of the molecule is CC1CC(COc2nn(C)c3cc(NC(=O)c4ccc(F)cn4)ccc23)CC(C)O1.CC1CC(COc2nn(C)c3cc(NC(=O)c4ccccn4)ccc23)CC(C)O1.CC1CC(COc2nn(C)c3cc(NC(=O)c4ncccc4N)ccc23)CC(C)O1.Cn1nc(OCC2CCOC(C)(C)C2)c2ccc(NC(=O)c3ccc(F)cn3)cc21.Cn1nc(OCC2CCOC(C)(C)C2)c2ccc(NC(=O)c3ncccc3N)cc21. The van der Waals surface area contributed by atoms with Gasteiger partial charge in [-0.25, -0.2) is 28.7 Å². The number of aromatic nitrogens is 15. The molecule has 8 unspecified atom stereocenters. The van der Waals surface area contributed by atoms with Crippen LogP contribution < -0.4 is 61.7 Å². The van der Waals surface area contributed by atoms with E-state index < -0.39 is 23.4 Å². The first-order valence-electron chi connectivity index (χ1n) is 50.3. The standard InChI is InChI=1S/2C22H25FN4O3.2C22H27N5O3.C22H26N4O3/c1-13-8-15(9-14(2)30-13)12-29-22-18-6-5-17(10-20(18)27(3)26-22)25-21(28)19-7-4-16(23)11-24-19;1-22(2)11-14(8-9-30-22)13-29-21-17-6-5-16(10-19(17)27(3)26-21)25-20(28)18-7-4-15(23)12-24-18;1-22(2)12-14(8-10-30-22)13-29-21-16-7-6-15(11-18(16)27(3)26-21)25-20(28)19-17(23)5-4-9-24-19;1-13-9-15(10-14(2)30-13)12-29-22-17-7-6-16(11-19(17)27(3)26-22)25-21(28)20-18(23)5-4-8-24-20;1-14-10-16(11-15(2)29-14)13-28-22-18-8-7-17(12-20(18)26(3)25-22)24-21(27)19-6-4-5-9-23-19/h4-7,10-11,13-15H,8-9,12H2,1-3H3,(H,25,28);4-7,10,12,14H,8-9,11,13H2,1-3H3,(H,25,28);4-7,9,11,14H,8,10,12-13,23H2,1-3H3,(H,25,28);4-8,11,13-15H,9-10,12,23H2,1-3H3,(H,25,28);4-9,12,14-16H,10-11,13H2,1-3H3,(H,24,27). The zero-order valence-corrected chi connectivity index (χ0v) is 86.5. The second kappa shape index (κ2) is 47.8. The fraction of sp³-hybridized carbons (Fsp3) is 0.409. The summed E-state index contributed by atoms with van der Waals surface area (Å²) >= 11 is 0. The van der Waals surface area contributed by atoms with Gasteiger partial charge in [0, 0.05) is 95.5 Å². The number of benzene rings is 5. The quantitative estimate of drug-likeness (QED) is 0.0279. The summed E-state index contributed by atoms with van der Waals surface area (Å²) in [5.74, 6) is 2.45. The Morgan fingerprint density at radius 2 is 0.611 bits per heavy atom. The van der Waals surface area contributed by atoms with Gasteiger partial charge in [-0.15, -0.1) is 25.5 Å². The molecule has 0 bridgehead atoms. The minimum atomic E-state index is -0.486. The van der Waals surface area contributed by atoms with Crippen LogP contribution in [0.15, 0.2) is 189 Å². The molecule has 20 rings (SSSR count). The van der Waals surface area contributed by atoms with Gasteiger partial charge < -0.3 is 85.4 Å². The van der Waals surface area contributed by atoms with Gasteiger partial charge in [0.2, 0.25) is 29.4 Å². The van der Waals surface area contributed by atoms with Crippen molar-refractivity contribution in [1.82, 2.24) is 73.8 Å². The lowest BCUT2D eigenvalue weighted by atomic mass is 9.89. The number of nitrogens with one attached hydrogen (secondary N) is 5. The number of hydrogen-bond donors (Lipinski definition) is 7. The van der Waals surface area contributed by atoms with E-state index in [1.165, 1.54) is 24.3 Å². The van der Waals surface area contributed by atoms with Crippen LogP contribution in [0.5, 0.6) is 29.4 Å². The molecule has 9 N–H and O–H groups in total. The lowest BCUT2D eigenvalue weighted by molar-refractivity contribution is -0.0789. The highest BCUT2D eigenvalue weighted by Crippen LogP contribution is 2.39. The summed E-state index contributed by atoms with van der Waals surface area (Å²) in [6.45, 7) is 25.6. The van der Waals surface area contributed by atoms with E-state index >= 15 is 0 Å². The monoisotopic (exact) mass is 2040 g/mol. The summed E-state index contributed by atoms with van der Waals surface area (Å²) in [6, 6.07) is 44.9. The zero-order chi connectivity index (χ0) is 105. The van der Waals surface area contributed by atoms with Gasteiger partial charge in [0.05, 0.1) is 159 Å². The third-order valence-electron chi connectivity index (χ3n) is 26.6. The summed E-state index contributed by atoms with van der Waals surface area (Å²) in [6.07, 6.45) is 18.0. The van der Waals surface area contributed by atoms with E-state index in [1.54, 1.807) is 96.6 Å². The molecule has 5 aromatic carbocycles. The second-order valence-corrected chi connectivity index (χ2v) is 40.2. The number of nitrogens with two attached hydrogens (primary N) is 2. The summed E-state index contributed by atoms with van der Waals surface area (Å²) < 4.78 is 94.0. The van der Waals surface area contributed by atoms with Crippen molar-refractivity contribution in [3.05, 3.63) is 229 Å². The molecule has 0 radical (unpaired) electrons. The van der Waals surface area contributed by atoms with Crippen molar-refractivity contribution in [1.29, 1.82) is 0 Å². The largest absolute Gasteiger partial charge is 0.476 e. The molecule has 5 saturated heterocycles. The molecule has 15 heterocycles. The Balaban J connectivity index is 0.000000133. The number of carbonyl (C=O) groups excluding carboxylic acids is 5. The number of fused-ring (bicyclic) bond motifs is 5. The number of halogens is 2. The van der Waals surface area contributed by atoms with Crippen molar-refractivity contribution in [3.8, 4) is 29.4 Å². The number of carbonyl (C=O) groups is 5. The van der Waals surface area contributed by atoms with E-state index in [0.29, 0.717) is 138 Å². The van der Waals surface area contributed by atoms with E-state index in [9.17, 15) is 32.8 Å². The average molecular weight is 2040 g/mol. The van der Waals surface area contributed by atoms with Gasteiger partial charge in [-0.2, -0.15) is 0 Å². The first-order chi connectivity index (χ1) is 71.4. The second-order valence-electron chi connectivity index (χ2n) is 40.2. The Morgan fingerprint density at radius 3 is 0.866 bits per heavy atom. The molecule has 0 saturated carbocycles. The van der Waals surface area contributed by atoms with Crippen LogP contribution in [0.2, 0.25) is 0 Å². The first-order valence-corrected chi connectivity index (χ1v) is 50.3. The number of amides is 5. The number of pyridine rings is 5. The Morgan fingerprint density at radius 1 is 0.342 bits per heavy atom. The number of nitrogen functional groups attached to an aromatic ring is 2. The van der Waals surface area contributed by atoms with Gasteiger partial charge in [-0.05, 0) is 315 Å². The molecule has 15 aromatic rings. The molecule has 10 aromatic heterocycles. The van der Waals surface area contributed by atoms with Crippen molar-refractivity contribution >= 4 is 124 Å². The lowest BCUT2D eigenvalue weighted by Crippen LogP contribution is -2.36. The number of ether oxygens (including phenoxy) is 10. The highest BCUT2D eigenvalue weighted by atomic mass is 19.1. The van der Waals surface area contributed by atoms with Gasteiger partial charge in [0.25, 0.3) is 29.5 Å². The summed E-state index contributed by atoms with van der Waals surface area (Å²) in [5, 5.41) is 41.2. The number of hydrogen-bond acceptors (Lipinski definition) is 27. The van der Waals surface area contributed by atoms with Gasteiger partial charge in [-0.1, -0.05) is 6.07 Å². The van der Waals surface area contributed by atoms with Crippen LogP contribution in [0.4, 0.5) is 48.6 Å². The molecule has 5 aliphatic rings. The summed E-state index contributed by atoms with van der Waals surface area (Å²) in [4.78, 5) is 81.8. The molecule has 8 atom stereocenters. The highest BCUT2D eigenvalue weighted by Gasteiger charge is 2.35. The average Bonchev–Trinajstić information content (AvgIpc) is 1.66. The van der Waals surface area contributed by atoms with Crippen molar-refractivity contribution in [2.45, 2.75) is 181 Å². The van der Waals surface area contributed by atoms with Crippen LogP contribution >= 0.6 is 0 Å². The van der Waals surface area contributed by atoms with E-state index in [1.807, 2.05) is 114 Å². The van der Waals surface area contributed by atoms with Gasteiger partial charge in [0.1, 0.15) is 28.7 Å². The maximum Gasteiger partial charge on any atom is 0.276 e. The molecule has 0 aliphatic carbocycles. The molecular weight excluding hydrogens is 1910 g/mol. The minimum Gasteiger partial charge on any atom is -0.476 e. The Kier molecular flexibility index (Phi) is 34.2. The molecule has 5 fully saturated rings. The van der Waals surface area contributed by atoms with Crippen molar-refractivity contribution in [3.63, 3.8) is 0 Å². The van der Waals surface area contributed by atoms with Crippen LogP contribution in [-0.4, -0.2) is 197 Å². The van der Waals surface area contributed by atoms with Crippen LogP contribution in [0.1, 0.15) is 186 Å². The molecular formula is C110H130F2N22O15. The van der Waals surface area contributed by atoms with Gasteiger partial charge in [0.15, 0.2) is 11.4 Å². The Bertz CT molecular complexity index is 6900. The maximum atomic E-state index is 13.0. The normalized spacial score (nSPS) is 20.3. The molecule has 784 valence electrons. The topological polar surface area (TPSA) is 443 Å². The Hall–Kier alpha value is -15.2. The van der Waals surface area contributed by atoms with Gasteiger partial charge >= 0.3 is 0 Å². The molecule has 39 heteroatoms. The highest BCUT2D eigenvalue weighted by molar-refractivity contribution is 6.09. The summed E-state index contributed by atoms with van der Waals surface area (Å²) in [7, 11) is 9.25. The molecule has 37 nitrogen and oxygen atoms in total. The van der Waals surface area contributed by atoms with Crippen molar-refractivity contribution < 1.29 is 80.1 Å². The van der Waals surface area contributed by atoms with E-state index in [4.69, 9.17) is 58.8 Å². The number of nitrogens with zero attached hydrogens (tertiary/aromatic N) is 15. The number of anilines is 7. The predicted octanol–water partition coefficient (Wildman–Crippen LogP) is 18.5. The predicted molar refractivity (Wildman–Crippen MR) is 564 cm³/mol. The van der Waals surface area contributed by atoms with E-state index in [0.717, 1.165) is 144 Å².